The number of phenolic OH excluding ortho intramolecular Hbond substituents is 1. The van der Waals surface area contributed by atoms with Crippen molar-refractivity contribution in [1.82, 2.24) is 0 Å². The van der Waals surface area contributed by atoms with Crippen LogP contribution in [0.25, 0.3) is 0 Å². The first-order valence-electron chi connectivity index (χ1n) is 6.38. The zero-order valence-corrected chi connectivity index (χ0v) is 13.5. The van der Waals surface area contributed by atoms with Gasteiger partial charge in [0.05, 0.1) is 16.8 Å². The van der Waals surface area contributed by atoms with E-state index >= 15 is 0 Å². The number of rotatable bonds is 2. The third-order valence-electron chi connectivity index (χ3n) is 2.89. The predicted octanol–water partition coefficient (Wildman–Crippen LogP) is 5.06. The molecule has 0 aliphatic carbocycles. The van der Waals surface area contributed by atoms with Crippen LogP contribution in [0.4, 0.5) is 32.0 Å². The molecule has 0 saturated carbocycles. The molecule has 25 heavy (non-hydrogen) atoms. The van der Waals surface area contributed by atoms with E-state index in [0.717, 1.165) is 17.4 Å². The number of hydrogen-bond donors (Lipinski definition) is 1. The summed E-state index contributed by atoms with van der Waals surface area (Å²) >= 11 is 1.06. The van der Waals surface area contributed by atoms with E-state index in [4.69, 9.17) is 3.67 Å². The Hall–Kier alpha value is -2.13. The molecule has 1 N–H and O–H groups in total. The molecule has 0 heterocycles. The predicted molar refractivity (Wildman–Crippen MR) is 72.5 cm³/mol. The molecule has 3 nitrogen and oxygen atoms in total. The van der Waals surface area contributed by atoms with Gasteiger partial charge in [0.25, 0.3) is 0 Å². The number of phenols is 1. The first-order valence-corrected chi connectivity index (χ1v) is 6.95. The molecule has 0 unspecified atom stereocenters. The van der Waals surface area contributed by atoms with Gasteiger partial charge < -0.3 is 5.11 Å². The van der Waals surface area contributed by atoms with Crippen LogP contribution in [-0.4, -0.2) is 11.3 Å². The monoisotopic (exact) mass is 400 g/mol. The second-order valence-corrected chi connectivity index (χ2v) is 4.55. The molecule has 0 aromatic heterocycles. The third kappa shape index (κ3) is 5.72. The van der Waals surface area contributed by atoms with Crippen LogP contribution in [0.1, 0.15) is 16.7 Å². The summed E-state index contributed by atoms with van der Waals surface area (Å²) in [5, 5.41) is 9.59. The Morgan fingerprint density at radius 3 is 1.96 bits per heavy atom. The Balaban J connectivity index is 0.00000151. The maximum atomic E-state index is 13.0. The quantitative estimate of drug-likeness (QED) is 0.566. The van der Waals surface area contributed by atoms with Gasteiger partial charge in [0.15, 0.2) is 0 Å². The molecule has 0 aliphatic rings. The summed E-state index contributed by atoms with van der Waals surface area (Å²) in [6, 6.07) is 8.01. The molecule has 0 bridgehead atoms. The second-order valence-electron chi connectivity index (χ2n) is 4.55. The summed E-state index contributed by atoms with van der Waals surface area (Å²) in [4.78, 5) is 3.74. The molecule has 2 aromatic carbocycles. The fraction of sp³-hybridized carbons (Fsp3) is 0.133. The summed E-state index contributed by atoms with van der Waals surface area (Å²) in [6.45, 7) is 0. The number of nitrogens with zero attached hydrogens (tertiary/aromatic N) is 1. The second kappa shape index (κ2) is 8.31. The van der Waals surface area contributed by atoms with Gasteiger partial charge in [-0.15, -0.1) is 0 Å². The Morgan fingerprint density at radius 1 is 0.920 bits per heavy atom. The van der Waals surface area contributed by atoms with Gasteiger partial charge >= 0.3 is 33.4 Å². The molecule has 0 amide bonds. The van der Waals surface area contributed by atoms with Crippen molar-refractivity contribution in [3.8, 4) is 5.75 Å². The van der Waals surface area contributed by atoms with Crippen molar-refractivity contribution in [2.24, 2.45) is 4.99 Å². The van der Waals surface area contributed by atoms with Gasteiger partial charge in [0.2, 0.25) is 0 Å². The van der Waals surface area contributed by atoms with Crippen LogP contribution < -0.4 is 0 Å². The number of benzene rings is 2. The number of halogens is 6. The van der Waals surface area contributed by atoms with Crippen molar-refractivity contribution < 1.29 is 52.5 Å². The Kier molecular flexibility index (Phi) is 6.95. The fourth-order valence-corrected chi connectivity index (χ4v) is 1.82. The summed E-state index contributed by atoms with van der Waals surface area (Å²) < 4.78 is 85.0. The van der Waals surface area contributed by atoms with Gasteiger partial charge in [0, 0.05) is 11.8 Å². The fourth-order valence-electron chi connectivity index (χ4n) is 1.82. The molecule has 0 saturated heterocycles. The van der Waals surface area contributed by atoms with E-state index in [0.29, 0.717) is 11.9 Å². The molecule has 2 rings (SSSR count). The molecule has 0 atom stereocenters. The van der Waals surface area contributed by atoms with Crippen molar-refractivity contribution >= 4 is 11.9 Å². The number of aliphatic imine (C=N–C) groups is 1. The van der Waals surface area contributed by atoms with E-state index in [9.17, 15) is 31.4 Å². The van der Waals surface area contributed by atoms with Gasteiger partial charge in [-0.2, -0.15) is 26.3 Å². The van der Waals surface area contributed by atoms with Crippen LogP contribution in [0.15, 0.2) is 47.5 Å². The van der Waals surface area contributed by atoms with Crippen molar-refractivity contribution in [1.29, 1.82) is 0 Å². The van der Waals surface area contributed by atoms with Gasteiger partial charge in [-0.3, -0.25) is 4.99 Å². The molecule has 2 aromatic rings. The average Bonchev–Trinajstić information content (AvgIpc) is 2.54. The molecule has 0 fully saturated rings. The van der Waals surface area contributed by atoms with Crippen molar-refractivity contribution in [3.05, 3.63) is 59.2 Å². The van der Waals surface area contributed by atoms with Crippen LogP contribution in [0, 0.1) is 0 Å². The van der Waals surface area contributed by atoms with Crippen LogP contribution in [-0.2, 0) is 33.4 Å². The molecule has 133 valence electrons. The van der Waals surface area contributed by atoms with E-state index in [-0.39, 0.29) is 12.1 Å². The Bertz CT molecular complexity index is 744. The molecule has 0 spiro atoms. The zero-order chi connectivity index (χ0) is 19.3. The van der Waals surface area contributed by atoms with E-state index in [1.807, 2.05) is 0 Å². The summed E-state index contributed by atoms with van der Waals surface area (Å²) in [6.07, 6.45) is -9.39. The molecule has 0 aliphatic heterocycles. The molecular weight excluding hydrogens is 391 g/mol. The first-order chi connectivity index (χ1) is 11.6. The van der Waals surface area contributed by atoms with Crippen molar-refractivity contribution in [2.75, 3.05) is 0 Å². The Morgan fingerprint density at radius 2 is 1.48 bits per heavy atom. The van der Waals surface area contributed by atoms with Gasteiger partial charge in [0.1, 0.15) is 5.75 Å². The average molecular weight is 400 g/mol. The normalized spacial score (nSPS) is 11.9. The molecule has 0 radical (unpaired) electrons. The van der Waals surface area contributed by atoms with E-state index in [1.54, 1.807) is 18.2 Å². The zero-order valence-electron chi connectivity index (χ0n) is 12.1. The van der Waals surface area contributed by atoms with Crippen molar-refractivity contribution in [2.45, 2.75) is 12.4 Å². The first kappa shape index (κ1) is 20.9. The number of alkyl halides is 6. The van der Waals surface area contributed by atoms with Gasteiger partial charge in [-0.1, -0.05) is 18.2 Å². The standard InChI is InChI=1S/C15H9F6NO.O.V/c16-14(17,18)9-6-12(15(19,20)21)11(13(23)7-9)8-22-10-4-2-1-3-5-10;;/h1-8,23H;;. The van der Waals surface area contributed by atoms with Crippen LogP contribution in [0.5, 0.6) is 5.75 Å². The maximum absolute atomic E-state index is 13.0. The number of hydrogen-bond acceptors (Lipinski definition) is 3. The number of para-hydroxylation sites is 1. The van der Waals surface area contributed by atoms with Crippen LogP contribution >= 0.6 is 0 Å². The third-order valence-corrected chi connectivity index (χ3v) is 2.89. The number of aromatic hydroxyl groups is 1. The topological polar surface area (TPSA) is 49.7 Å². The molecule has 10 heteroatoms. The van der Waals surface area contributed by atoms with E-state index < -0.39 is 34.8 Å². The minimum atomic E-state index is -5.07. The van der Waals surface area contributed by atoms with Gasteiger partial charge in [-0.25, -0.2) is 0 Å². The summed E-state index contributed by atoms with van der Waals surface area (Å²) in [7, 11) is 0. The van der Waals surface area contributed by atoms with Gasteiger partial charge in [-0.05, 0) is 24.3 Å². The minimum absolute atomic E-state index is 0.0495. The molecular formula is C15H9F6NO2V. The SMILES string of the molecule is Oc1cc(C(F)(F)F)cc(C(F)(F)F)c1C=Nc1ccccc1.[O]=[V]. The Labute approximate surface area is 147 Å². The summed E-state index contributed by atoms with van der Waals surface area (Å²) in [5.41, 5.74) is -3.72. The van der Waals surface area contributed by atoms with E-state index in [2.05, 4.69) is 4.99 Å². The summed E-state index contributed by atoms with van der Waals surface area (Å²) in [5.74, 6) is -1.15. The van der Waals surface area contributed by atoms with Crippen molar-refractivity contribution in [3.63, 3.8) is 0 Å². The van der Waals surface area contributed by atoms with Crippen LogP contribution in [0.2, 0.25) is 0 Å². The van der Waals surface area contributed by atoms with Crippen LogP contribution in [0.3, 0.4) is 0 Å². The van der Waals surface area contributed by atoms with E-state index in [1.165, 1.54) is 12.1 Å².